The van der Waals surface area contributed by atoms with Gasteiger partial charge in [-0.05, 0) is 41.7 Å². The number of amides is 2. The zero-order chi connectivity index (χ0) is 25.2. The molecule has 0 aliphatic heterocycles. The maximum atomic E-state index is 13.5. The zero-order valence-electron chi connectivity index (χ0n) is 21.3. The lowest BCUT2D eigenvalue weighted by molar-refractivity contribution is -0.141. The van der Waals surface area contributed by atoms with E-state index in [1.165, 1.54) is 5.56 Å². The van der Waals surface area contributed by atoms with Crippen LogP contribution in [0.1, 0.15) is 31.4 Å². The molecule has 0 radical (unpaired) electrons. The fraction of sp³-hybridized carbons (Fsp3) is 0.429. The Morgan fingerprint density at radius 3 is 2.37 bits per heavy atom. The van der Waals surface area contributed by atoms with Crippen molar-refractivity contribution in [3.63, 3.8) is 0 Å². The smallest absolute Gasteiger partial charge is 0.242 e. The Morgan fingerprint density at radius 2 is 1.69 bits per heavy atom. The summed E-state index contributed by atoms with van der Waals surface area (Å²) in [7, 11) is 3.24. The highest BCUT2D eigenvalue weighted by molar-refractivity contribution is 5.85. The van der Waals surface area contributed by atoms with Gasteiger partial charge in [0, 0.05) is 50.3 Å². The number of hydrogen-bond acceptors (Lipinski definition) is 4. The van der Waals surface area contributed by atoms with Gasteiger partial charge in [-0.3, -0.25) is 9.59 Å². The fourth-order valence-electron chi connectivity index (χ4n) is 4.07. The van der Waals surface area contributed by atoms with Crippen molar-refractivity contribution >= 4 is 22.7 Å². The third-order valence-corrected chi connectivity index (χ3v) is 6.04. The van der Waals surface area contributed by atoms with Crippen molar-refractivity contribution < 1.29 is 19.1 Å². The van der Waals surface area contributed by atoms with Crippen molar-refractivity contribution in [3.05, 3.63) is 65.9 Å². The number of ether oxygens (including phenoxy) is 2. The molecule has 0 atom stereocenters. The molecule has 0 bridgehead atoms. The second kappa shape index (κ2) is 13.0. The molecule has 188 valence electrons. The van der Waals surface area contributed by atoms with Gasteiger partial charge < -0.3 is 24.3 Å². The van der Waals surface area contributed by atoms with Gasteiger partial charge in [-0.1, -0.05) is 44.2 Å². The number of nitrogens with zero attached hydrogens (tertiary/aromatic N) is 2. The summed E-state index contributed by atoms with van der Waals surface area (Å²) in [6, 6.07) is 15.9. The number of carbonyl (C=O) groups is 2. The van der Waals surface area contributed by atoms with Crippen molar-refractivity contribution in [2.24, 2.45) is 5.92 Å². The van der Waals surface area contributed by atoms with Crippen LogP contribution in [0.25, 0.3) is 10.9 Å². The molecule has 2 amide bonds. The van der Waals surface area contributed by atoms with Crippen LogP contribution in [-0.2, 0) is 27.3 Å². The molecule has 35 heavy (non-hydrogen) atoms. The van der Waals surface area contributed by atoms with Crippen LogP contribution in [0.15, 0.2) is 54.7 Å². The van der Waals surface area contributed by atoms with Crippen LogP contribution < -0.4 is 4.74 Å². The lowest BCUT2D eigenvalue weighted by Crippen LogP contribution is -2.44. The summed E-state index contributed by atoms with van der Waals surface area (Å²) in [4.78, 5) is 33.1. The summed E-state index contributed by atoms with van der Waals surface area (Å²) in [5.74, 6) is 0.899. The Morgan fingerprint density at radius 1 is 0.943 bits per heavy atom. The van der Waals surface area contributed by atoms with Crippen molar-refractivity contribution in [3.8, 4) is 5.75 Å². The third-order valence-electron chi connectivity index (χ3n) is 6.04. The van der Waals surface area contributed by atoms with E-state index < -0.39 is 0 Å². The predicted molar refractivity (Wildman–Crippen MR) is 138 cm³/mol. The first-order valence-corrected chi connectivity index (χ1v) is 12.1. The number of fused-ring (bicyclic) bond motifs is 1. The van der Waals surface area contributed by atoms with E-state index in [0.29, 0.717) is 39.1 Å². The zero-order valence-corrected chi connectivity index (χ0v) is 21.3. The molecule has 0 saturated heterocycles. The van der Waals surface area contributed by atoms with Crippen LogP contribution >= 0.6 is 0 Å². The maximum absolute atomic E-state index is 13.5. The van der Waals surface area contributed by atoms with E-state index in [4.69, 9.17) is 9.47 Å². The van der Waals surface area contributed by atoms with Gasteiger partial charge in [0.1, 0.15) is 5.75 Å². The maximum Gasteiger partial charge on any atom is 0.242 e. The number of nitrogens with one attached hydrogen (secondary N) is 1. The minimum atomic E-state index is -0.0751. The number of para-hydroxylation sites is 1. The summed E-state index contributed by atoms with van der Waals surface area (Å²) in [6.45, 7) is 5.85. The monoisotopic (exact) mass is 479 g/mol. The molecule has 0 fully saturated rings. The number of carbonyl (C=O) groups excluding carboxylic acids is 2. The number of H-pyrrole nitrogens is 1. The van der Waals surface area contributed by atoms with Gasteiger partial charge in [-0.15, -0.1) is 0 Å². The molecule has 0 saturated carbocycles. The summed E-state index contributed by atoms with van der Waals surface area (Å²) < 4.78 is 10.5. The van der Waals surface area contributed by atoms with Crippen LogP contribution in [0.2, 0.25) is 0 Å². The minimum absolute atomic E-state index is 0.0218. The lowest BCUT2D eigenvalue weighted by atomic mass is 10.1. The Labute approximate surface area is 208 Å². The Bertz CT molecular complexity index is 1090. The van der Waals surface area contributed by atoms with E-state index >= 15 is 0 Å². The van der Waals surface area contributed by atoms with Crippen LogP contribution in [0.5, 0.6) is 5.75 Å². The highest BCUT2D eigenvalue weighted by Gasteiger charge is 2.22. The molecule has 0 spiro atoms. The number of aromatic nitrogens is 1. The van der Waals surface area contributed by atoms with Gasteiger partial charge in [0.15, 0.2) is 0 Å². The molecule has 3 aromatic rings. The molecule has 1 aromatic heterocycles. The fourth-order valence-corrected chi connectivity index (χ4v) is 4.07. The number of benzene rings is 2. The average molecular weight is 480 g/mol. The highest BCUT2D eigenvalue weighted by atomic mass is 16.5. The minimum Gasteiger partial charge on any atom is -0.497 e. The van der Waals surface area contributed by atoms with Gasteiger partial charge in [0.25, 0.3) is 0 Å². The largest absolute Gasteiger partial charge is 0.497 e. The average Bonchev–Trinajstić information content (AvgIpc) is 3.27. The summed E-state index contributed by atoms with van der Waals surface area (Å²) >= 11 is 0. The predicted octanol–water partition coefficient (Wildman–Crippen LogP) is 4.27. The summed E-state index contributed by atoms with van der Waals surface area (Å²) in [5.41, 5.74) is 3.26. The first-order chi connectivity index (χ1) is 16.9. The standard InChI is InChI=1S/C28H37N3O4/c1-21(2)17-27(32)31(15-16-34-3)20-28(33)30(19-22-9-11-24(35-4)12-10-22)14-13-23-18-29-26-8-6-5-7-25(23)26/h5-12,18,21,29H,13-17,19-20H2,1-4H3. The van der Waals surface area contributed by atoms with E-state index in [1.807, 2.05) is 67.4 Å². The van der Waals surface area contributed by atoms with Crippen LogP contribution in [0.4, 0.5) is 0 Å². The van der Waals surface area contributed by atoms with Crippen molar-refractivity contribution in [1.82, 2.24) is 14.8 Å². The Kier molecular flexibility index (Phi) is 9.73. The van der Waals surface area contributed by atoms with Gasteiger partial charge in [-0.25, -0.2) is 0 Å². The molecule has 2 aromatic carbocycles. The van der Waals surface area contributed by atoms with Crippen molar-refractivity contribution in [1.29, 1.82) is 0 Å². The van der Waals surface area contributed by atoms with Gasteiger partial charge in [-0.2, -0.15) is 0 Å². The molecule has 0 aliphatic carbocycles. The van der Waals surface area contributed by atoms with Gasteiger partial charge >= 0.3 is 0 Å². The SMILES string of the molecule is COCCN(CC(=O)N(CCc1c[nH]c2ccccc12)Cc1ccc(OC)cc1)C(=O)CC(C)C. The number of rotatable bonds is 13. The molecule has 7 heteroatoms. The van der Waals surface area contributed by atoms with Crippen LogP contribution in [-0.4, -0.2) is 67.1 Å². The molecule has 0 unspecified atom stereocenters. The van der Waals surface area contributed by atoms with Crippen LogP contribution in [0.3, 0.4) is 0 Å². The van der Waals surface area contributed by atoms with E-state index in [9.17, 15) is 9.59 Å². The third kappa shape index (κ3) is 7.59. The molecular formula is C28H37N3O4. The second-order valence-corrected chi connectivity index (χ2v) is 9.18. The molecule has 1 N–H and O–H groups in total. The van der Waals surface area contributed by atoms with E-state index in [1.54, 1.807) is 19.1 Å². The number of hydrogen-bond donors (Lipinski definition) is 1. The molecule has 1 heterocycles. The second-order valence-electron chi connectivity index (χ2n) is 9.18. The number of aromatic amines is 1. The van der Waals surface area contributed by atoms with Gasteiger partial charge in [0.2, 0.25) is 11.8 Å². The van der Waals surface area contributed by atoms with Gasteiger partial charge in [0.05, 0.1) is 20.3 Å². The van der Waals surface area contributed by atoms with Crippen molar-refractivity contribution in [2.45, 2.75) is 33.2 Å². The number of methoxy groups -OCH3 is 2. The van der Waals surface area contributed by atoms with Crippen LogP contribution in [0, 0.1) is 5.92 Å². The lowest BCUT2D eigenvalue weighted by Gasteiger charge is -2.28. The highest BCUT2D eigenvalue weighted by Crippen LogP contribution is 2.19. The van der Waals surface area contributed by atoms with E-state index in [2.05, 4.69) is 11.1 Å². The first-order valence-electron chi connectivity index (χ1n) is 12.1. The van der Waals surface area contributed by atoms with Crippen molar-refractivity contribution in [2.75, 3.05) is 40.5 Å². The quantitative estimate of drug-likeness (QED) is 0.397. The molecule has 7 nitrogen and oxygen atoms in total. The van der Waals surface area contributed by atoms with E-state index in [-0.39, 0.29) is 24.3 Å². The Hall–Kier alpha value is -3.32. The molecule has 3 rings (SSSR count). The summed E-state index contributed by atoms with van der Waals surface area (Å²) in [6.07, 6.45) is 3.13. The molecular weight excluding hydrogens is 442 g/mol. The summed E-state index contributed by atoms with van der Waals surface area (Å²) in [5, 5.41) is 1.16. The van der Waals surface area contributed by atoms with E-state index in [0.717, 1.165) is 22.2 Å². The first kappa shape index (κ1) is 26.3. The topological polar surface area (TPSA) is 74.9 Å². The Balaban J connectivity index is 1.77. The normalized spacial score (nSPS) is 11.1. The molecule has 0 aliphatic rings.